The molecule has 0 aliphatic rings. The van der Waals surface area contributed by atoms with Crippen LogP contribution in [0.15, 0.2) is 48.5 Å². The normalized spacial score (nSPS) is 10.4. The molecule has 3 nitrogen and oxygen atoms in total. The molecule has 128 valence electrons. The van der Waals surface area contributed by atoms with Gasteiger partial charge in [0.15, 0.2) is 0 Å². The maximum atomic E-state index is 11.9. The number of hydrogen-bond donors (Lipinski definition) is 1. The van der Waals surface area contributed by atoms with Crippen LogP contribution in [-0.4, -0.2) is 19.1 Å². The molecule has 0 aliphatic carbocycles. The Morgan fingerprint density at radius 3 is 2.17 bits per heavy atom. The van der Waals surface area contributed by atoms with E-state index in [0.717, 1.165) is 30.6 Å². The zero-order valence-corrected chi connectivity index (χ0v) is 14.7. The molecule has 3 heteroatoms. The average molecular weight is 325 g/mol. The monoisotopic (exact) mass is 325 g/mol. The first kappa shape index (κ1) is 18.1. The highest BCUT2D eigenvalue weighted by molar-refractivity contribution is 5.78. The van der Waals surface area contributed by atoms with Gasteiger partial charge in [-0.2, -0.15) is 0 Å². The number of carbonyl (C=O) groups is 1. The van der Waals surface area contributed by atoms with Gasteiger partial charge in [-0.1, -0.05) is 56.7 Å². The van der Waals surface area contributed by atoms with Crippen molar-refractivity contribution in [3.63, 3.8) is 0 Å². The van der Waals surface area contributed by atoms with Gasteiger partial charge in [-0.3, -0.25) is 4.79 Å². The molecule has 0 saturated heterocycles. The van der Waals surface area contributed by atoms with Crippen molar-refractivity contribution in [1.29, 1.82) is 0 Å². The summed E-state index contributed by atoms with van der Waals surface area (Å²) in [4.78, 5) is 11.9. The van der Waals surface area contributed by atoms with Gasteiger partial charge in [0.25, 0.3) is 0 Å². The van der Waals surface area contributed by atoms with Gasteiger partial charge in [0, 0.05) is 0 Å². The number of ether oxygens (including phenoxy) is 1. The average Bonchev–Trinajstić information content (AvgIpc) is 2.61. The van der Waals surface area contributed by atoms with E-state index < -0.39 is 0 Å². The van der Waals surface area contributed by atoms with Gasteiger partial charge in [0.2, 0.25) is 5.91 Å². The minimum atomic E-state index is 0.0288. The van der Waals surface area contributed by atoms with E-state index in [1.165, 1.54) is 11.1 Å². The smallest absolute Gasteiger partial charge is 0.224 e. The van der Waals surface area contributed by atoms with Gasteiger partial charge in [0.1, 0.15) is 12.4 Å². The van der Waals surface area contributed by atoms with E-state index in [0.29, 0.717) is 19.6 Å². The van der Waals surface area contributed by atoms with Crippen molar-refractivity contribution < 1.29 is 9.53 Å². The number of nitrogens with one attached hydrogen (secondary N) is 1. The van der Waals surface area contributed by atoms with Crippen LogP contribution in [0.1, 0.15) is 37.0 Å². The van der Waals surface area contributed by atoms with Gasteiger partial charge >= 0.3 is 0 Å². The highest BCUT2D eigenvalue weighted by Gasteiger charge is 2.03. The third-order valence-corrected chi connectivity index (χ3v) is 3.95. The van der Waals surface area contributed by atoms with E-state index in [-0.39, 0.29) is 5.91 Å². The highest BCUT2D eigenvalue weighted by atomic mass is 16.5. The van der Waals surface area contributed by atoms with E-state index in [1.54, 1.807) is 0 Å². The summed E-state index contributed by atoms with van der Waals surface area (Å²) < 4.78 is 5.66. The molecule has 0 unspecified atom stereocenters. The molecule has 2 aromatic carbocycles. The Labute approximate surface area is 145 Å². The Hall–Kier alpha value is -2.29. The maximum absolute atomic E-state index is 11.9. The molecule has 1 N–H and O–H groups in total. The number of amides is 1. The van der Waals surface area contributed by atoms with Crippen molar-refractivity contribution in [3.05, 3.63) is 65.2 Å². The first-order valence-electron chi connectivity index (χ1n) is 8.77. The molecule has 0 spiro atoms. The Morgan fingerprint density at radius 2 is 1.54 bits per heavy atom. The molecule has 1 amide bonds. The van der Waals surface area contributed by atoms with E-state index in [1.807, 2.05) is 24.3 Å². The van der Waals surface area contributed by atoms with Crippen LogP contribution in [0.4, 0.5) is 0 Å². The van der Waals surface area contributed by atoms with Crippen LogP contribution in [0.2, 0.25) is 0 Å². The van der Waals surface area contributed by atoms with Gasteiger partial charge in [-0.05, 0) is 41.7 Å². The lowest BCUT2D eigenvalue weighted by Gasteiger charge is -2.09. The summed E-state index contributed by atoms with van der Waals surface area (Å²) in [6, 6.07) is 16.4. The third kappa shape index (κ3) is 6.07. The minimum absolute atomic E-state index is 0.0288. The first-order valence-corrected chi connectivity index (χ1v) is 8.77. The summed E-state index contributed by atoms with van der Waals surface area (Å²) in [7, 11) is 0. The first-order chi connectivity index (χ1) is 11.7. The topological polar surface area (TPSA) is 38.3 Å². The lowest BCUT2D eigenvalue weighted by atomic mass is 10.1. The Morgan fingerprint density at radius 1 is 0.917 bits per heavy atom. The van der Waals surface area contributed by atoms with Crippen LogP contribution in [0.5, 0.6) is 5.75 Å². The minimum Gasteiger partial charge on any atom is -0.492 e. The largest absolute Gasteiger partial charge is 0.492 e. The van der Waals surface area contributed by atoms with E-state index in [9.17, 15) is 4.79 Å². The molecule has 2 aromatic rings. The number of aryl methyl sites for hydroxylation is 2. The molecule has 2 rings (SSSR count). The summed E-state index contributed by atoms with van der Waals surface area (Å²) >= 11 is 0. The number of rotatable bonds is 9. The molecule has 0 radical (unpaired) electrons. The quantitative estimate of drug-likeness (QED) is 0.709. The molecule has 0 bridgehead atoms. The van der Waals surface area contributed by atoms with Crippen molar-refractivity contribution in [2.45, 2.75) is 39.5 Å². The summed E-state index contributed by atoms with van der Waals surface area (Å²) in [5.41, 5.74) is 3.65. The Kier molecular flexibility index (Phi) is 7.34. The molecule has 0 aromatic heterocycles. The fourth-order valence-corrected chi connectivity index (χ4v) is 2.54. The lowest BCUT2D eigenvalue weighted by Crippen LogP contribution is -2.29. The zero-order valence-electron chi connectivity index (χ0n) is 14.7. The van der Waals surface area contributed by atoms with E-state index in [4.69, 9.17) is 4.74 Å². The van der Waals surface area contributed by atoms with E-state index in [2.05, 4.69) is 43.4 Å². The van der Waals surface area contributed by atoms with E-state index >= 15 is 0 Å². The van der Waals surface area contributed by atoms with Gasteiger partial charge in [-0.25, -0.2) is 0 Å². The van der Waals surface area contributed by atoms with Crippen LogP contribution in [-0.2, 0) is 24.1 Å². The molecule has 24 heavy (non-hydrogen) atoms. The summed E-state index contributed by atoms with van der Waals surface area (Å²) in [5, 5.41) is 2.90. The molecule has 0 heterocycles. The second-order valence-corrected chi connectivity index (χ2v) is 5.94. The second-order valence-electron chi connectivity index (χ2n) is 5.94. The van der Waals surface area contributed by atoms with Crippen LogP contribution >= 0.6 is 0 Å². The Bertz CT molecular complexity index is 617. The second kappa shape index (κ2) is 9.76. The SMILES string of the molecule is CCCc1ccc(OCCNC(=O)Cc2ccc(CC)cc2)cc1. The van der Waals surface area contributed by atoms with Crippen LogP contribution in [0.3, 0.4) is 0 Å². The third-order valence-electron chi connectivity index (χ3n) is 3.95. The predicted molar refractivity (Wildman–Crippen MR) is 98.5 cm³/mol. The number of carbonyl (C=O) groups excluding carboxylic acids is 1. The van der Waals surface area contributed by atoms with Crippen molar-refractivity contribution in [2.24, 2.45) is 0 Å². The van der Waals surface area contributed by atoms with Gasteiger partial charge in [0.05, 0.1) is 13.0 Å². The van der Waals surface area contributed by atoms with Crippen molar-refractivity contribution in [3.8, 4) is 5.75 Å². The number of benzene rings is 2. The molecular weight excluding hydrogens is 298 g/mol. The van der Waals surface area contributed by atoms with Crippen LogP contribution < -0.4 is 10.1 Å². The standard InChI is InChI=1S/C21H27NO2/c1-3-5-18-10-12-20(13-11-18)24-15-14-22-21(23)16-19-8-6-17(4-2)7-9-19/h6-13H,3-5,14-16H2,1-2H3,(H,22,23). The molecule has 0 atom stereocenters. The van der Waals surface area contributed by atoms with Gasteiger partial charge < -0.3 is 10.1 Å². The van der Waals surface area contributed by atoms with Crippen molar-refractivity contribution in [2.75, 3.05) is 13.2 Å². The highest BCUT2D eigenvalue weighted by Crippen LogP contribution is 2.13. The molecule has 0 fully saturated rings. The fourth-order valence-electron chi connectivity index (χ4n) is 2.54. The van der Waals surface area contributed by atoms with Crippen molar-refractivity contribution >= 4 is 5.91 Å². The maximum Gasteiger partial charge on any atom is 0.224 e. The summed E-state index contributed by atoms with van der Waals surface area (Å²) in [6.45, 7) is 5.29. The summed E-state index contributed by atoms with van der Waals surface area (Å²) in [5.74, 6) is 0.875. The molecule has 0 saturated carbocycles. The zero-order chi connectivity index (χ0) is 17.2. The van der Waals surface area contributed by atoms with Crippen LogP contribution in [0.25, 0.3) is 0 Å². The lowest BCUT2D eigenvalue weighted by molar-refractivity contribution is -0.120. The molecule has 0 aliphatic heterocycles. The van der Waals surface area contributed by atoms with Gasteiger partial charge in [-0.15, -0.1) is 0 Å². The molecular formula is C21H27NO2. The summed E-state index contributed by atoms with van der Waals surface area (Å²) in [6.07, 6.45) is 3.67. The Balaban J connectivity index is 1.66. The predicted octanol–water partition coefficient (Wildman–Crippen LogP) is 3.94. The number of hydrogen-bond acceptors (Lipinski definition) is 2. The van der Waals surface area contributed by atoms with Crippen molar-refractivity contribution in [1.82, 2.24) is 5.32 Å². The van der Waals surface area contributed by atoms with Crippen LogP contribution in [0, 0.1) is 0 Å². The fraction of sp³-hybridized carbons (Fsp3) is 0.381.